The number of aryl methyl sites for hydroxylation is 2. The van der Waals surface area contributed by atoms with E-state index in [4.69, 9.17) is 4.98 Å². The first-order valence-corrected chi connectivity index (χ1v) is 9.34. The van der Waals surface area contributed by atoms with Crippen LogP contribution in [-0.4, -0.2) is 46.3 Å². The molecule has 1 saturated heterocycles. The molecule has 2 aromatic heterocycles. The number of rotatable bonds is 4. The summed E-state index contributed by atoms with van der Waals surface area (Å²) in [5.41, 5.74) is 2.63. The van der Waals surface area contributed by atoms with E-state index >= 15 is 0 Å². The highest BCUT2D eigenvalue weighted by molar-refractivity contribution is 5.51. The van der Waals surface area contributed by atoms with Crippen LogP contribution in [0.5, 0.6) is 0 Å². The van der Waals surface area contributed by atoms with Crippen LogP contribution in [-0.2, 0) is 12.8 Å². The van der Waals surface area contributed by atoms with E-state index in [9.17, 15) is 0 Å². The molecule has 1 fully saturated rings. The van der Waals surface area contributed by atoms with Crippen molar-refractivity contribution < 1.29 is 0 Å². The van der Waals surface area contributed by atoms with E-state index in [2.05, 4.69) is 38.1 Å². The first-order valence-electron chi connectivity index (χ1n) is 9.34. The van der Waals surface area contributed by atoms with Gasteiger partial charge >= 0.3 is 0 Å². The van der Waals surface area contributed by atoms with Gasteiger partial charge in [-0.25, -0.2) is 9.97 Å². The molecule has 1 unspecified atom stereocenters. The first kappa shape index (κ1) is 16.2. The maximum Gasteiger partial charge on any atom is 0.151 e. The fraction of sp³-hybridized carbons (Fsp3) is 0.579. The molecule has 0 N–H and O–H groups in total. The first-order chi connectivity index (χ1) is 12.2. The zero-order valence-corrected chi connectivity index (χ0v) is 15.1. The van der Waals surface area contributed by atoms with Gasteiger partial charge in [-0.3, -0.25) is 0 Å². The second kappa shape index (κ2) is 6.94. The number of anilines is 2. The van der Waals surface area contributed by atoms with E-state index in [1.165, 1.54) is 36.9 Å². The lowest BCUT2D eigenvalue weighted by atomic mass is 9.96. The van der Waals surface area contributed by atoms with Gasteiger partial charge in [0.25, 0.3) is 0 Å². The second-order valence-electron chi connectivity index (χ2n) is 7.18. The Bertz CT molecular complexity index is 732. The van der Waals surface area contributed by atoms with Crippen LogP contribution in [0.4, 0.5) is 11.6 Å². The lowest BCUT2D eigenvalue weighted by molar-refractivity contribution is 0.625. The van der Waals surface area contributed by atoms with Gasteiger partial charge in [-0.2, -0.15) is 5.10 Å². The van der Waals surface area contributed by atoms with Gasteiger partial charge < -0.3 is 9.80 Å². The largest absolute Gasteiger partial charge is 0.357 e. The van der Waals surface area contributed by atoms with Crippen molar-refractivity contribution >= 4 is 11.6 Å². The van der Waals surface area contributed by atoms with Crippen molar-refractivity contribution in [2.24, 2.45) is 0 Å². The van der Waals surface area contributed by atoms with Crippen molar-refractivity contribution in [1.29, 1.82) is 0 Å². The van der Waals surface area contributed by atoms with Crippen molar-refractivity contribution in [2.45, 2.75) is 51.5 Å². The van der Waals surface area contributed by atoms with Gasteiger partial charge in [-0.05, 0) is 57.6 Å². The molecule has 25 heavy (non-hydrogen) atoms. The highest BCUT2D eigenvalue weighted by Crippen LogP contribution is 2.29. The van der Waals surface area contributed by atoms with Crippen LogP contribution < -0.4 is 9.80 Å². The molecule has 2 aromatic rings. The minimum Gasteiger partial charge on any atom is -0.357 e. The zero-order chi connectivity index (χ0) is 17.2. The molecule has 1 aliphatic heterocycles. The molecule has 4 rings (SSSR count). The Labute approximate surface area is 149 Å². The third-order valence-electron chi connectivity index (χ3n) is 5.35. The smallest absolute Gasteiger partial charge is 0.151 e. The Morgan fingerprint density at radius 1 is 1.20 bits per heavy atom. The zero-order valence-electron chi connectivity index (χ0n) is 15.1. The molecule has 0 radical (unpaired) electrons. The summed E-state index contributed by atoms with van der Waals surface area (Å²) >= 11 is 0. The van der Waals surface area contributed by atoms with Gasteiger partial charge in [0, 0.05) is 43.6 Å². The minimum absolute atomic E-state index is 0.455. The van der Waals surface area contributed by atoms with Crippen LogP contribution in [0.25, 0.3) is 0 Å². The maximum atomic E-state index is 4.79. The van der Waals surface area contributed by atoms with Crippen molar-refractivity contribution in [2.75, 3.05) is 29.9 Å². The van der Waals surface area contributed by atoms with Crippen LogP contribution >= 0.6 is 0 Å². The Morgan fingerprint density at radius 2 is 2.08 bits per heavy atom. The summed E-state index contributed by atoms with van der Waals surface area (Å²) in [6, 6.07) is 4.48. The molecule has 6 heteroatoms. The maximum absolute atomic E-state index is 4.79. The molecule has 0 saturated carbocycles. The lowest BCUT2D eigenvalue weighted by Crippen LogP contribution is -2.40. The van der Waals surface area contributed by atoms with Crippen molar-refractivity contribution in [3.63, 3.8) is 0 Å². The van der Waals surface area contributed by atoms with Gasteiger partial charge in [0.1, 0.15) is 11.6 Å². The van der Waals surface area contributed by atoms with Gasteiger partial charge in [0.15, 0.2) is 5.82 Å². The van der Waals surface area contributed by atoms with Gasteiger partial charge in [-0.15, -0.1) is 5.10 Å². The predicted octanol–water partition coefficient (Wildman–Crippen LogP) is 2.56. The number of hydrogen-bond acceptors (Lipinski definition) is 6. The van der Waals surface area contributed by atoms with Crippen LogP contribution in [0.15, 0.2) is 18.3 Å². The summed E-state index contributed by atoms with van der Waals surface area (Å²) in [7, 11) is 2.17. The predicted molar refractivity (Wildman–Crippen MR) is 99.1 cm³/mol. The van der Waals surface area contributed by atoms with E-state index in [0.29, 0.717) is 6.04 Å². The van der Waals surface area contributed by atoms with E-state index < -0.39 is 0 Å². The van der Waals surface area contributed by atoms with Crippen LogP contribution in [0.3, 0.4) is 0 Å². The summed E-state index contributed by atoms with van der Waals surface area (Å²) in [6.07, 6.45) is 8.81. The van der Waals surface area contributed by atoms with Crippen molar-refractivity contribution in [1.82, 2.24) is 20.2 Å². The van der Waals surface area contributed by atoms with Gasteiger partial charge in [0.05, 0.1) is 0 Å². The molecule has 2 aliphatic rings. The van der Waals surface area contributed by atoms with E-state index in [0.717, 1.165) is 43.4 Å². The molecule has 3 heterocycles. The molecule has 1 aliphatic carbocycles. The standard InChI is InChI=1S/C19H26N6/c1-14-21-17-9-4-3-8-16(17)19(22-14)24(2)13-15-7-6-12-25(15)18-10-5-11-20-23-18/h5,10-11,15H,3-4,6-9,12-13H2,1-2H3. The summed E-state index contributed by atoms with van der Waals surface area (Å²) in [5.74, 6) is 3.01. The molecule has 1 atom stereocenters. The average molecular weight is 338 g/mol. The summed E-state index contributed by atoms with van der Waals surface area (Å²) in [4.78, 5) is 14.2. The SMILES string of the molecule is Cc1nc2c(c(N(C)CC3CCCN3c3cccnn3)n1)CCCC2. The monoisotopic (exact) mass is 338 g/mol. The Morgan fingerprint density at radius 3 is 2.92 bits per heavy atom. The third kappa shape index (κ3) is 3.30. The van der Waals surface area contributed by atoms with Gasteiger partial charge in [0.2, 0.25) is 0 Å². The normalized spacial score (nSPS) is 19.8. The van der Waals surface area contributed by atoms with E-state index in [1.807, 2.05) is 13.0 Å². The highest BCUT2D eigenvalue weighted by Gasteiger charge is 2.28. The molecule has 0 aromatic carbocycles. The van der Waals surface area contributed by atoms with Crippen LogP contribution in [0.2, 0.25) is 0 Å². The van der Waals surface area contributed by atoms with Crippen LogP contribution in [0, 0.1) is 6.92 Å². The fourth-order valence-electron chi connectivity index (χ4n) is 4.19. The number of nitrogens with zero attached hydrogens (tertiary/aromatic N) is 6. The molecule has 0 amide bonds. The molecular weight excluding hydrogens is 312 g/mol. The second-order valence-corrected chi connectivity index (χ2v) is 7.18. The number of hydrogen-bond donors (Lipinski definition) is 0. The lowest BCUT2D eigenvalue weighted by Gasteiger charge is -2.31. The summed E-state index contributed by atoms with van der Waals surface area (Å²) in [6.45, 7) is 4.02. The quantitative estimate of drug-likeness (QED) is 0.854. The van der Waals surface area contributed by atoms with Crippen molar-refractivity contribution in [3.8, 4) is 0 Å². The number of fused-ring (bicyclic) bond motifs is 1. The summed E-state index contributed by atoms with van der Waals surface area (Å²) < 4.78 is 0. The average Bonchev–Trinajstić information content (AvgIpc) is 3.09. The van der Waals surface area contributed by atoms with Gasteiger partial charge in [-0.1, -0.05) is 0 Å². The Hall–Kier alpha value is -2.24. The molecule has 6 nitrogen and oxygen atoms in total. The molecule has 0 spiro atoms. The number of aromatic nitrogens is 4. The highest BCUT2D eigenvalue weighted by atomic mass is 15.3. The minimum atomic E-state index is 0.455. The Balaban J connectivity index is 1.56. The third-order valence-corrected chi connectivity index (χ3v) is 5.35. The van der Waals surface area contributed by atoms with Crippen LogP contribution in [0.1, 0.15) is 42.8 Å². The summed E-state index contributed by atoms with van der Waals surface area (Å²) in [5, 5.41) is 8.35. The molecule has 132 valence electrons. The molecular formula is C19H26N6. The van der Waals surface area contributed by atoms with Crippen molar-refractivity contribution in [3.05, 3.63) is 35.4 Å². The van der Waals surface area contributed by atoms with E-state index in [1.54, 1.807) is 6.20 Å². The topological polar surface area (TPSA) is 58.0 Å². The Kier molecular flexibility index (Phi) is 4.51. The fourth-order valence-corrected chi connectivity index (χ4v) is 4.19. The van der Waals surface area contributed by atoms with E-state index in [-0.39, 0.29) is 0 Å². The molecule has 0 bridgehead atoms. The number of likely N-dealkylation sites (N-methyl/N-ethyl adjacent to an activating group) is 1.